The average molecular weight is 257 g/mol. The summed E-state index contributed by atoms with van der Waals surface area (Å²) in [5, 5.41) is 11.9. The molecule has 0 unspecified atom stereocenters. The smallest absolute Gasteiger partial charge is 0.329 e. The fourth-order valence-corrected chi connectivity index (χ4v) is 3.66. The molecule has 0 radical (unpaired) electrons. The first-order valence-corrected chi connectivity index (χ1v) is 7.40. The van der Waals surface area contributed by atoms with Crippen LogP contribution in [0.3, 0.4) is 0 Å². The minimum absolute atomic E-state index is 0.0796. The molecule has 1 amide bonds. The number of carboxylic acids is 1. The molecule has 0 atom stereocenters. The van der Waals surface area contributed by atoms with Gasteiger partial charge in [-0.05, 0) is 49.5 Å². The molecule has 0 aromatic heterocycles. The number of carbonyl (C=O) groups is 2. The van der Waals surface area contributed by atoms with Gasteiger partial charge in [0.2, 0.25) is 5.91 Å². The van der Waals surface area contributed by atoms with Crippen molar-refractivity contribution in [2.24, 2.45) is 5.92 Å². The van der Waals surface area contributed by atoms with E-state index in [-0.39, 0.29) is 5.91 Å². The Morgan fingerprint density at radius 2 is 1.94 bits per heavy atom. The van der Waals surface area contributed by atoms with Gasteiger partial charge in [-0.3, -0.25) is 4.79 Å². The Kier molecular flexibility index (Phi) is 3.97. The van der Waals surface area contributed by atoms with E-state index >= 15 is 0 Å². The Bertz CT molecular complexity index is 309. The summed E-state index contributed by atoms with van der Waals surface area (Å²) in [6, 6.07) is 0. The molecule has 2 rings (SSSR count). The van der Waals surface area contributed by atoms with Crippen molar-refractivity contribution in [2.75, 3.05) is 11.5 Å². The summed E-state index contributed by atoms with van der Waals surface area (Å²) in [7, 11) is 0. The van der Waals surface area contributed by atoms with E-state index in [9.17, 15) is 9.59 Å². The normalized spacial score (nSPS) is 23.8. The molecule has 17 heavy (non-hydrogen) atoms. The Labute approximate surface area is 106 Å². The van der Waals surface area contributed by atoms with Gasteiger partial charge < -0.3 is 10.4 Å². The quantitative estimate of drug-likeness (QED) is 0.803. The SMILES string of the molecule is O=C(CC1CCSCC1)NC1(C(=O)O)CCC1. The van der Waals surface area contributed by atoms with Gasteiger partial charge in [-0.2, -0.15) is 11.8 Å². The summed E-state index contributed by atoms with van der Waals surface area (Å²) in [5.41, 5.74) is -0.944. The van der Waals surface area contributed by atoms with Crippen molar-refractivity contribution in [3.8, 4) is 0 Å². The lowest BCUT2D eigenvalue weighted by molar-refractivity contribution is -0.152. The number of carbonyl (C=O) groups excluding carboxylic acids is 1. The second kappa shape index (κ2) is 5.29. The van der Waals surface area contributed by atoms with E-state index in [2.05, 4.69) is 5.32 Å². The number of hydrogen-bond acceptors (Lipinski definition) is 3. The molecule has 2 fully saturated rings. The molecule has 0 bridgehead atoms. The first kappa shape index (κ1) is 12.7. The number of carboxylic acid groups (broad SMARTS) is 1. The maximum atomic E-state index is 11.8. The fourth-order valence-electron chi connectivity index (χ4n) is 2.45. The number of thioether (sulfide) groups is 1. The van der Waals surface area contributed by atoms with Crippen LogP contribution < -0.4 is 5.32 Å². The highest BCUT2D eigenvalue weighted by Gasteiger charge is 2.45. The largest absolute Gasteiger partial charge is 0.480 e. The fraction of sp³-hybridized carbons (Fsp3) is 0.833. The molecule has 5 heteroatoms. The average Bonchev–Trinajstić information content (AvgIpc) is 2.24. The lowest BCUT2D eigenvalue weighted by Gasteiger charge is -2.38. The standard InChI is InChI=1S/C12H19NO3S/c14-10(8-9-2-6-17-7-3-9)13-12(11(15)16)4-1-5-12/h9H,1-8H2,(H,13,14)(H,15,16). The van der Waals surface area contributed by atoms with Crippen LogP contribution in [0.1, 0.15) is 38.5 Å². The lowest BCUT2D eigenvalue weighted by atomic mass is 9.76. The van der Waals surface area contributed by atoms with Gasteiger partial charge in [0, 0.05) is 6.42 Å². The molecule has 1 saturated heterocycles. The zero-order valence-corrected chi connectivity index (χ0v) is 10.7. The highest BCUT2D eigenvalue weighted by Crippen LogP contribution is 2.33. The van der Waals surface area contributed by atoms with E-state index in [4.69, 9.17) is 5.11 Å². The number of hydrogen-bond donors (Lipinski definition) is 2. The van der Waals surface area contributed by atoms with E-state index in [1.54, 1.807) is 0 Å². The first-order valence-electron chi connectivity index (χ1n) is 6.24. The van der Waals surface area contributed by atoms with E-state index in [1.807, 2.05) is 11.8 Å². The van der Waals surface area contributed by atoms with E-state index in [0.29, 0.717) is 25.2 Å². The molecule has 1 saturated carbocycles. The summed E-state index contributed by atoms with van der Waals surface area (Å²) in [6.07, 6.45) is 4.71. The second-order valence-electron chi connectivity index (χ2n) is 5.05. The van der Waals surface area contributed by atoms with Gasteiger partial charge in [0.05, 0.1) is 0 Å². The molecule has 96 valence electrons. The predicted molar refractivity (Wildman–Crippen MR) is 67.0 cm³/mol. The summed E-state index contributed by atoms with van der Waals surface area (Å²) in [6.45, 7) is 0. The summed E-state index contributed by atoms with van der Waals surface area (Å²) >= 11 is 1.93. The van der Waals surface area contributed by atoms with Crippen molar-refractivity contribution in [2.45, 2.75) is 44.1 Å². The Morgan fingerprint density at radius 1 is 1.29 bits per heavy atom. The number of aliphatic carboxylic acids is 1. The molecule has 1 heterocycles. The van der Waals surface area contributed by atoms with Crippen LogP contribution in [-0.2, 0) is 9.59 Å². The van der Waals surface area contributed by atoms with Crippen LogP contribution in [-0.4, -0.2) is 34.0 Å². The monoisotopic (exact) mass is 257 g/mol. The van der Waals surface area contributed by atoms with Crippen LogP contribution in [0.2, 0.25) is 0 Å². The maximum Gasteiger partial charge on any atom is 0.329 e. The molecule has 2 aliphatic rings. The molecule has 0 aromatic carbocycles. The van der Waals surface area contributed by atoms with Crippen LogP contribution in [0.25, 0.3) is 0 Å². The third kappa shape index (κ3) is 2.94. The highest BCUT2D eigenvalue weighted by atomic mass is 32.2. The van der Waals surface area contributed by atoms with Crippen LogP contribution in [0.5, 0.6) is 0 Å². The van der Waals surface area contributed by atoms with Gasteiger partial charge in [0.15, 0.2) is 0 Å². The van der Waals surface area contributed by atoms with Gasteiger partial charge in [-0.1, -0.05) is 0 Å². The second-order valence-corrected chi connectivity index (χ2v) is 6.27. The third-order valence-electron chi connectivity index (χ3n) is 3.81. The van der Waals surface area contributed by atoms with Crippen LogP contribution in [0.4, 0.5) is 0 Å². The predicted octanol–water partition coefficient (Wildman–Crippen LogP) is 1.64. The minimum atomic E-state index is -0.944. The zero-order valence-electron chi connectivity index (χ0n) is 9.91. The van der Waals surface area contributed by atoms with Crippen molar-refractivity contribution in [1.82, 2.24) is 5.32 Å². The molecule has 1 aliphatic heterocycles. The number of nitrogens with one attached hydrogen (secondary N) is 1. The van der Waals surface area contributed by atoms with Crippen molar-refractivity contribution in [3.05, 3.63) is 0 Å². The van der Waals surface area contributed by atoms with E-state index in [0.717, 1.165) is 30.8 Å². The lowest BCUT2D eigenvalue weighted by Crippen LogP contribution is -2.59. The third-order valence-corrected chi connectivity index (χ3v) is 4.86. The molecular formula is C12H19NO3S. The van der Waals surface area contributed by atoms with Crippen LogP contribution in [0.15, 0.2) is 0 Å². The number of amides is 1. The molecule has 1 aliphatic carbocycles. The molecule has 0 spiro atoms. The van der Waals surface area contributed by atoms with Crippen LogP contribution in [0, 0.1) is 5.92 Å². The molecule has 4 nitrogen and oxygen atoms in total. The van der Waals surface area contributed by atoms with Crippen LogP contribution >= 0.6 is 11.8 Å². The summed E-state index contributed by atoms with van der Waals surface area (Å²) in [5.74, 6) is 1.74. The van der Waals surface area contributed by atoms with Crippen molar-refractivity contribution in [3.63, 3.8) is 0 Å². The van der Waals surface area contributed by atoms with Gasteiger partial charge in [-0.15, -0.1) is 0 Å². The molecule has 2 N–H and O–H groups in total. The zero-order chi connectivity index (χ0) is 12.3. The molecular weight excluding hydrogens is 238 g/mol. The van der Waals surface area contributed by atoms with E-state index in [1.165, 1.54) is 0 Å². The molecule has 0 aromatic rings. The van der Waals surface area contributed by atoms with Gasteiger partial charge in [-0.25, -0.2) is 4.79 Å². The maximum absolute atomic E-state index is 11.8. The number of rotatable bonds is 4. The minimum Gasteiger partial charge on any atom is -0.480 e. The van der Waals surface area contributed by atoms with Gasteiger partial charge >= 0.3 is 5.97 Å². The van der Waals surface area contributed by atoms with Gasteiger partial charge in [0.1, 0.15) is 5.54 Å². The van der Waals surface area contributed by atoms with Crippen molar-refractivity contribution < 1.29 is 14.7 Å². The van der Waals surface area contributed by atoms with Gasteiger partial charge in [0.25, 0.3) is 0 Å². The highest BCUT2D eigenvalue weighted by molar-refractivity contribution is 7.99. The van der Waals surface area contributed by atoms with Crippen molar-refractivity contribution >= 4 is 23.6 Å². The first-order chi connectivity index (χ1) is 8.12. The topological polar surface area (TPSA) is 66.4 Å². The summed E-state index contributed by atoms with van der Waals surface area (Å²) in [4.78, 5) is 23.0. The Hall–Kier alpha value is -0.710. The Balaban J connectivity index is 1.81. The Morgan fingerprint density at radius 3 is 2.41 bits per heavy atom. The van der Waals surface area contributed by atoms with E-state index < -0.39 is 11.5 Å². The van der Waals surface area contributed by atoms with Crippen molar-refractivity contribution in [1.29, 1.82) is 0 Å². The summed E-state index contributed by atoms with van der Waals surface area (Å²) < 4.78 is 0.